The topological polar surface area (TPSA) is 38.3 Å². The fraction of sp³-hybridized carbons (Fsp3) is 0.133. The molecule has 0 bridgehead atoms. The Labute approximate surface area is 117 Å². The van der Waals surface area contributed by atoms with Gasteiger partial charge < -0.3 is 10.1 Å². The van der Waals surface area contributed by atoms with Crippen LogP contribution in [0.5, 0.6) is 0 Å². The Kier molecular flexibility index (Phi) is 4.42. The molecule has 0 spiro atoms. The second kappa shape index (κ2) is 6.25. The Bertz CT molecular complexity index is 557. The average molecular weight is 276 g/mol. The summed E-state index contributed by atoms with van der Waals surface area (Å²) in [5.74, 6) is -0.378. The van der Waals surface area contributed by atoms with Crippen LogP contribution in [-0.4, -0.2) is 13.1 Å². The van der Waals surface area contributed by atoms with E-state index in [1.165, 1.54) is 7.11 Å². The van der Waals surface area contributed by atoms with E-state index in [0.717, 1.165) is 5.69 Å². The molecule has 1 unspecified atom stereocenters. The summed E-state index contributed by atoms with van der Waals surface area (Å²) in [7, 11) is 1.36. The molecule has 1 N–H and O–H groups in total. The summed E-state index contributed by atoms with van der Waals surface area (Å²) in [6, 6.07) is 16.0. The quantitative estimate of drug-likeness (QED) is 0.866. The van der Waals surface area contributed by atoms with Crippen molar-refractivity contribution < 1.29 is 9.53 Å². The molecular weight excluding hydrogens is 262 g/mol. The maximum absolute atomic E-state index is 11.9. The van der Waals surface area contributed by atoms with Crippen LogP contribution in [0.15, 0.2) is 54.6 Å². The summed E-state index contributed by atoms with van der Waals surface area (Å²) in [6.45, 7) is 0. The SMILES string of the molecule is COC(=O)C(Nc1ccccc1)c1ccccc1Cl. The maximum atomic E-state index is 11.9. The molecule has 0 aliphatic rings. The first-order valence-electron chi connectivity index (χ1n) is 5.86. The van der Waals surface area contributed by atoms with Crippen molar-refractivity contribution in [3.63, 3.8) is 0 Å². The molecule has 0 amide bonds. The van der Waals surface area contributed by atoms with E-state index < -0.39 is 6.04 Å². The lowest BCUT2D eigenvalue weighted by Gasteiger charge is -2.19. The highest BCUT2D eigenvalue weighted by molar-refractivity contribution is 6.31. The monoisotopic (exact) mass is 275 g/mol. The van der Waals surface area contributed by atoms with Crippen LogP contribution in [0.2, 0.25) is 5.02 Å². The van der Waals surface area contributed by atoms with E-state index in [4.69, 9.17) is 16.3 Å². The zero-order valence-electron chi connectivity index (χ0n) is 10.5. The number of carbonyl (C=O) groups is 1. The van der Waals surface area contributed by atoms with Crippen molar-refractivity contribution in [2.24, 2.45) is 0 Å². The first kappa shape index (κ1) is 13.4. The number of halogens is 1. The Morgan fingerprint density at radius 3 is 2.37 bits per heavy atom. The second-order valence-electron chi connectivity index (χ2n) is 3.99. The molecule has 0 aliphatic heterocycles. The van der Waals surface area contributed by atoms with Crippen LogP contribution in [0, 0.1) is 0 Å². The van der Waals surface area contributed by atoms with Crippen LogP contribution in [0.3, 0.4) is 0 Å². The van der Waals surface area contributed by atoms with Crippen molar-refractivity contribution in [2.45, 2.75) is 6.04 Å². The van der Waals surface area contributed by atoms with Gasteiger partial charge in [0, 0.05) is 16.3 Å². The largest absolute Gasteiger partial charge is 0.467 e. The number of para-hydroxylation sites is 1. The minimum absolute atomic E-state index is 0.378. The predicted molar refractivity (Wildman–Crippen MR) is 76.3 cm³/mol. The summed E-state index contributed by atoms with van der Waals surface area (Å²) in [5.41, 5.74) is 1.53. The number of hydrogen-bond acceptors (Lipinski definition) is 3. The summed E-state index contributed by atoms with van der Waals surface area (Å²) in [6.07, 6.45) is 0. The van der Waals surface area contributed by atoms with Crippen LogP contribution in [0.25, 0.3) is 0 Å². The Hall–Kier alpha value is -2.00. The lowest BCUT2D eigenvalue weighted by molar-refractivity contribution is -0.141. The number of hydrogen-bond donors (Lipinski definition) is 1. The Morgan fingerprint density at radius 1 is 1.11 bits per heavy atom. The van der Waals surface area contributed by atoms with Crippen molar-refractivity contribution in [1.29, 1.82) is 0 Å². The highest BCUT2D eigenvalue weighted by atomic mass is 35.5. The van der Waals surface area contributed by atoms with Gasteiger partial charge in [-0.15, -0.1) is 0 Å². The van der Waals surface area contributed by atoms with Crippen LogP contribution >= 0.6 is 11.6 Å². The molecule has 4 heteroatoms. The van der Waals surface area contributed by atoms with Gasteiger partial charge in [-0.25, -0.2) is 4.79 Å². The van der Waals surface area contributed by atoms with Crippen molar-refractivity contribution in [3.8, 4) is 0 Å². The zero-order chi connectivity index (χ0) is 13.7. The number of ether oxygens (including phenoxy) is 1. The number of methoxy groups -OCH3 is 1. The first-order valence-corrected chi connectivity index (χ1v) is 6.24. The van der Waals surface area contributed by atoms with Gasteiger partial charge in [0.25, 0.3) is 0 Å². The molecule has 0 saturated heterocycles. The van der Waals surface area contributed by atoms with Crippen LogP contribution < -0.4 is 5.32 Å². The number of esters is 1. The van der Waals surface area contributed by atoms with E-state index in [0.29, 0.717) is 10.6 Å². The van der Waals surface area contributed by atoms with Gasteiger partial charge in [-0.05, 0) is 18.2 Å². The summed E-state index contributed by atoms with van der Waals surface area (Å²) in [5, 5.41) is 3.66. The molecule has 0 heterocycles. The lowest BCUT2D eigenvalue weighted by Crippen LogP contribution is -2.22. The molecule has 98 valence electrons. The maximum Gasteiger partial charge on any atom is 0.333 e. The predicted octanol–water partition coefficient (Wildman–Crippen LogP) is 3.67. The van der Waals surface area contributed by atoms with Crippen LogP contribution in [-0.2, 0) is 9.53 Å². The molecule has 0 radical (unpaired) electrons. The van der Waals surface area contributed by atoms with E-state index in [1.54, 1.807) is 12.1 Å². The van der Waals surface area contributed by atoms with Crippen LogP contribution in [0.1, 0.15) is 11.6 Å². The molecule has 0 fully saturated rings. The minimum atomic E-state index is -0.624. The molecule has 0 aromatic heterocycles. The van der Waals surface area contributed by atoms with Crippen molar-refractivity contribution in [1.82, 2.24) is 0 Å². The van der Waals surface area contributed by atoms with Gasteiger partial charge in [0.05, 0.1) is 7.11 Å². The van der Waals surface area contributed by atoms with E-state index >= 15 is 0 Å². The molecule has 0 saturated carbocycles. The number of nitrogens with one attached hydrogen (secondary N) is 1. The number of rotatable bonds is 4. The van der Waals surface area contributed by atoms with Gasteiger partial charge >= 0.3 is 5.97 Å². The highest BCUT2D eigenvalue weighted by Crippen LogP contribution is 2.26. The smallest absolute Gasteiger partial charge is 0.333 e. The molecule has 1 atom stereocenters. The number of carbonyl (C=O) groups excluding carboxylic acids is 1. The number of benzene rings is 2. The summed E-state index contributed by atoms with van der Waals surface area (Å²) in [4.78, 5) is 11.9. The van der Waals surface area contributed by atoms with E-state index in [2.05, 4.69) is 5.32 Å². The van der Waals surface area contributed by atoms with Gasteiger partial charge in [-0.1, -0.05) is 48.0 Å². The van der Waals surface area contributed by atoms with Gasteiger partial charge in [-0.3, -0.25) is 0 Å². The molecule has 2 rings (SSSR count). The summed E-state index contributed by atoms with van der Waals surface area (Å²) < 4.78 is 4.83. The first-order chi connectivity index (χ1) is 9.22. The molecule has 19 heavy (non-hydrogen) atoms. The minimum Gasteiger partial charge on any atom is -0.467 e. The Morgan fingerprint density at radius 2 is 1.74 bits per heavy atom. The van der Waals surface area contributed by atoms with Gasteiger partial charge in [-0.2, -0.15) is 0 Å². The average Bonchev–Trinajstić information content (AvgIpc) is 2.46. The summed E-state index contributed by atoms with van der Waals surface area (Å²) >= 11 is 6.14. The molecular formula is C15H14ClNO2. The van der Waals surface area contributed by atoms with Gasteiger partial charge in [0.1, 0.15) is 0 Å². The van der Waals surface area contributed by atoms with Gasteiger partial charge in [0.15, 0.2) is 6.04 Å². The van der Waals surface area contributed by atoms with Gasteiger partial charge in [0.2, 0.25) is 0 Å². The van der Waals surface area contributed by atoms with E-state index in [9.17, 15) is 4.79 Å². The molecule has 0 aliphatic carbocycles. The fourth-order valence-corrected chi connectivity index (χ4v) is 2.04. The Balaban J connectivity index is 2.32. The third kappa shape index (κ3) is 3.26. The van der Waals surface area contributed by atoms with Crippen molar-refractivity contribution in [2.75, 3.05) is 12.4 Å². The zero-order valence-corrected chi connectivity index (χ0v) is 11.2. The van der Waals surface area contributed by atoms with Crippen molar-refractivity contribution in [3.05, 3.63) is 65.2 Å². The second-order valence-corrected chi connectivity index (χ2v) is 4.40. The van der Waals surface area contributed by atoms with E-state index in [-0.39, 0.29) is 5.97 Å². The lowest BCUT2D eigenvalue weighted by atomic mass is 10.1. The van der Waals surface area contributed by atoms with Crippen molar-refractivity contribution >= 4 is 23.3 Å². The molecule has 2 aromatic carbocycles. The normalized spacial score (nSPS) is 11.7. The third-order valence-corrected chi connectivity index (χ3v) is 3.08. The number of anilines is 1. The highest BCUT2D eigenvalue weighted by Gasteiger charge is 2.23. The van der Waals surface area contributed by atoms with E-state index in [1.807, 2.05) is 42.5 Å². The van der Waals surface area contributed by atoms with Crippen LogP contribution in [0.4, 0.5) is 5.69 Å². The third-order valence-electron chi connectivity index (χ3n) is 2.74. The standard InChI is InChI=1S/C15H14ClNO2/c1-19-15(18)14(12-9-5-6-10-13(12)16)17-11-7-3-2-4-8-11/h2-10,14,17H,1H3. The molecule has 2 aromatic rings. The molecule has 3 nitrogen and oxygen atoms in total. The fourth-order valence-electron chi connectivity index (χ4n) is 1.79.